The number of halogens is 1. The van der Waals surface area contributed by atoms with Gasteiger partial charge in [-0.05, 0) is 18.6 Å². The lowest BCUT2D eigenvalue weighted by Gasteiger charge is -2.02. The lowest BCUT2D eigenvalue weighted by atomic mass is 10.2. The number of nitro benzene ring substituents is 1. The van der Waals surface area contributed by atoms with Crippen LogP contribution in [0.4, 0.5) is 5.69 Å². The Balaban J connectivity index is 2.50. The molecule has 0 fully saturated rings. The van der Waals surface area contributed by atoms with E-state index in [4.69, 9.17) is 5.26 Å². The van der Waals surface area contributed by atoms with Crippen LogP contribution in [0.1, 0.15) is 29.4 Å². The van der Waals surface area contributed by atoms with E-state index in [1.807, 2.05) is 13.0 Å². The first kappa shape index (κ1) is 14.1. The van der Waals surface area contributed by atoms with Crippen molar-refractivity contribution in [3.8, 4) is 11.8 Å². The maximum Gasteiger partial charge on any atom is 0.296 e. The molecular formula is C12H10BrN5O2. The van der Waals surface area contributed by atoms with Crippen molar-refractivity contribution in [3.63, 3.8) is 0 Å². The highest BCUT2D eigenvalue weighted by molar-refractivity contribution is 9.09. The summed E-state index contributed by atoms with van der Waals surface area (Å²) in [4.78, 5) is 10.6. The first-order chi connectivity index (χ1) is 9.56. The van der Waals surface area contributed by atoms with E-state index in [1.165, 1.54) is 22.9 Å². The number of aromatic nitrogens is 3. The van der Waals surface area contributed by atoms with Crippen LogP contribution >= 0.6 is 15.9 Å². The minimum absolute atomic E-state index is 0.0497. The lowest BCUT2D eigenvalue weighted by Crippen LogP contribution is -2.01. The van der Waals surface area contributed by atoms with Crippen molar-refractivity contribution in [2.45, 2.75) is 18.2 Å². The third-order valence-electron chi connectivity index (χ3n) is 2.74. The third-order valence-corrected chi connectivity index (χ3v) is 3.86. The smallest absolute Gasteiger partial charge is 0.258 e. The summed E-state index contributed by atoms with van der Waals surface area (Å²) in [6.45, 7) is 1.99. The van der Waals surface area contributed by atoms with Crippen LogP contribution < -0.4 is 0 Å². The Hall–Kier alpha value is -2.27. The third kappa shape index (κ3) is 2.67. The van der Waals surface area contributed by atoms with Gasteiger partial charge in [0.15, 0.2) is 0 Å². The number of nitrogens with zero attached hydrogens (tertiary/aromatic N) is 5. The molecule has 1 unspecified atom stereocenters. The average Bonchev–Trinajstić information content (AvgIpc) is 2.95. The van der Waals surface area contributed by atoms with Crippen molar-refractivity contribution in [3.05, 3.63) is 45.8 Å². The van der Waals surface area contributed by atoms with E-state index < -0.39 is 4.92 Å². The van der Waals surface area contributed by atoms with Gasteiger partial charge in [-0.2, -0.15) is 5.26 Å². The molecule has 2 rings (SSSR count). The van der Waals surface area contributed by atoms with Gasteiger partial charge in [-0.15, -0.1) is 5.10 Å². The second-order valence-corrected chi connectivity index (χ2v) is 5.14. The monoisotopic (exact) mass is 335 g/mol. The van der Waals surface area contributed by atoms with E-state index in [1.54, 1.807) is 6.20 Å². The maximum atomic E-state index is 11.1. The van der Waals surface area contributed by atoms with Gasteiger partial charge >= 0.3 is 0 Å². The van der Waals surface area contributed by atoms with Gasteiger partial charge < -0.3 is 0 Å². The van der Waals surface area contributed by atoms with Crippen LogP contribution in [-0.2, 0) is 0 Å². The topological polar surface area (TPSA) is 97.6 Å². The normalized spacial score (nSPS) is 11.8. The molecule has 7 nitrogen and oxygen atoms in total. The molecule has 1 aromatic heterocycles. The Morgan fingerprint density at radius 1 is 1.60 bits per heavy atom. The molecule has 102 valence electrons. The van der Waals surface area contributed by atoms with Crippen LogP contribution in [0.25, 0.3) is 5.69 Å². The Morgan fingerprint density at radius 2 is 2.35 bits per heavy atom. The summed E-state index contributed by atoms with van der Waals surface area (Å²) < 4.78 is 1.35. The zero-order chi connectivity index (χ0) is 14.7. The molecule has 0 aliphatic carbocycles. The van der Waals surface area contributed by atoms with E-state index >= 15 is 0 Å². The number of hydrogen-bond donors (Lipinski definition) is 0. The number of benzene rings is 1. The summed E-state index contributed by atoms with van der Waals surface area (Å²) in [5, 5.41) is 27.8. The summed E-state index contributed by atoms with van der Waals surface area (Å²) in [6.07, 6.45) is 2.46. The number of alkyl halides is 1. The number of rotatable bonds is 4. The van der Waals surface area contributed by atoms with Crippen molar-refractivity contribution in [2.24, 2.45) is 0 Å². The zero-order valence-corrected chi connectivity index (χ0v) is 12.1. The van der Waals surface area contributed by atoms with Crippen molar-refractivity contribution >= 4 is 21.6 Å². The summed E-state index contributed by atoms with van der Waals surface area (Å²) in [5.41, 5.74) is 1.03. The van der Waals surface area contributed by atoms with Gasteiger partial charge in [0.2, 0.25) is 0 Å². The fourth-order valence-electron chi connectivity index (χ4n) is 1.68. The fraction of sp³-hybridized carbons (Fsp3) is 0.250. The average molecular weight is 336 g/mol. The van der Waals surface area contributed by atoms with Crippen LogP contribution in [0.5, 0.6) is 0 Å². The Kier molecular flexibility index (Phi) is 4.10. The van der Waals surface area contributed by atoms with Gasteiger partial charge in [-0.3, -0.25) is 10.1 Å². The molecule has 0 amide bonds. The summed E-state index contributed by atoms with van der Waals surface area (Å²) in [7, 11) is 0. The minimum Gasteiger partial charge on any atom is -0.258 e. The van der Waals surface area contributed by atoms with Crippen molar-refractivity contribution < 1.29 is 4.92 Å². The van der Waals surface area contributed by atoms with Gasteiger partial charge in [-0.25, -0.2) is 4.68 Å². The second kappa shape index (κ2) is 5.79. The quantitative estimate of drug-likeness (QED) is 0.486. The first-order valence-electron chi connectivity index (χ1n) is 5.82. The van der Waals surface area contributed by atoms with E-state index in [0.29, 0.717) is 5.69 Å². The summed E-state index contributed by atoms with van der Waals surface area (Å²) >= 11 is 3.45. The lowest BCUT2D eigenvalue weighted by molar-refractivity contribution is -0.384. The predicted octanol–water partition coefficient (Wildman–Crippen LogP) is 2.89. The first-order valence-corrected chi connectivity index (χ1v) is 6.73. The van der Waals surface area contributed by atoms with Crippen LogP contribution in [0.2, 0.25) is 0 Å². The molecule has 0 radical (unpaired) electrons. The van der Waals surface area contributed by atoms with Gasteiger partial charge in [0.1, 0.15) is 5.69 Å². The summed E-state index contributed by atoms with van der Waals surface area (Å²) in [5.74, 6) is 0. The maximum absolute atomic E-state index is 11.1. The van der Waals surface area contributed by atoms with E-state index in [-0.39, 0.29) is 21.8 Å². The SMILES string of the molecule is CCC(Br)c1cn(-c2ccc(C#N)cc2[N+](=O)[O-])nn1. The molecule has 1 aromatic carbocycles. The number of nitro groups is 1. The van der Waals surface area contributed by atoms with Crippen molar-refractivity contribution in [2.75, 3.05) is 0 Å². The molecule has 0 spiro atoms. The van der Waals surface area contributed by atoms with E-state index in [2.05, 4.69) is 26.2 Å². The van der Waals surface area contributed by atoms with Gasteiger partial charge in [0.25, 0.3) is 5.69 Å². The zero-order valence-electron chi connectivity index (χ0n) is 10.5. The molecule has 0 aliphatic heterocycles. The highest BCUT2D eigenvalue weighted by atomic mass is 79.9. The largest absolute Gasteiger partial charge is 0.296 e. The number of nitriles is 1. The van der Waals surface area contributed by atoms with Gasteiger partial charge in [0, 0.05) is 6.07 Å². The summed E-state index contributed by atoms with van der Waals surface area (Å²) in [6, 6.07) is 6.10. The fourth-order valence-corrected chi connectivity index (χ4v) is 1.89. The molecule has 0 bridgehead atoms. The van der Waals surface area contributed by atoms with Crippen LogP contribution in [-0.4, -0.2) is 19.9 Å². The van der Waals surface area contributed by atoms with Crippen LogP contribution in [0.3, 0.4) is 0 Å². The molecule has 0 N–H and O–H groups in total. The van der Waals surface area contributed by atoms with E-state index in [0.717, 1.165) is 6.42 Å². The number of hydrogen-bond acceptors (Lipinski definition) is 5. The second-order valence-electron chi connectivity index (χ2n) is 4.04. The molecule has 2 aromatic rings. The Morgan fingerprint density at radius 3 is 2.95 bits per heavy atom. The molecule has 0 saturated heterocycles. The molecule has 20 heavy (non-hydrogen) atoms. The standard InChI is InChI=1S/C12H10BrN5O2/c1-2-9(13)10-7-17(16-15-10)11-4-3-8(6-14)5-12(11)18(19)20/h3-5,7,9H,2H2,1H3. The van der Waals surface area contributed by atoms with Gasteiger partial charge in [-0.1, -0.05) is 28.1 Å². The highest BCUT2D eigenvalue weighted by Crippen LogP contribution is 2.27. The molecule has 1 heterocycles. The molecular weight excluding hydrogens is 326 g/mol. The molecule has 0 saturated carbocycles. The van der Waals surface area contributed by atoms with Crippen LogP contribution in [0.15, 0.2) is 24.4 Å². The van der Waals surface area contributed by atoms with Crippen molar-refractivity contribution in [1.82, 2.24) is 15.0 Å². The van der Waals surface area contributed by atoms with E-state index in [9.17, 15) is 10.1 Å². The predicted molar refractivity (Wildman–Crippen MR) is 74.7 cm³/mol. The van der Waals surface area contributed by atoms with Crippen LogP contribution in [0, 0.1) is 21.4 Å². The molecule has 1 atom stereocenters. The molecule has 8 heteroatoms. The highest BCUT2D eigenvalue weighted by Gasteiger charge is 2.19. The van der Waals surface area contributed by atoms with Crippen molar-refractivity contribution in [1.29, 1.82) is 5.26 Å². The Labute approximate surface area is 123 Å². The Bertz CT molecular complexity index is 691. The molecule has 0 aliphatic rings. The minimum atomic E-state index is -0.539. The van der Waals surface area contributed by atoms with Gasteiger partial charge in [0.05, 0.1) is 33.3 Å².